The molecule has 1 aromatic rings. The van der Waals surface area contributed by atoms with Gasteiger partial charge in [0.15, 0.2) is 0 Å². The van der Waals surface area contributed by atoms with Gasteiger partial charge in [-0.1, -0.05) is 25.4 Å². The van der Waals surface area contributed by atoms with Crippen LogP contribution < -0.4 is 5.73 Å². The van der Waals surface area contributed by atoms with Crippen molar-refractivity contribution in [2.45, 2.75) is 20.8 Å². The maximum atomic E-state index is 8.81. The van der Waals surface area contributed by atoms with Crippen LogP contribution >= 0.6 is 11.6 Å². The molecule has 0 aliphatic carbocycles. The Kier molecular flexibility index (Phi) is 12.2. The molecule has 0 amide bonds. The number of hydrogen-bond acceptors (Lipinski definition) is 2. The fraction of sp³-hybridized carbons (Fsp3) is 0.300. The first kappa shape index (κ1) is 14.5. The zero-order valence-electron chi connectivity index (χ0n) is 8.25. The van der Waals surface area contributed by atoms with Gasteiger partial charge in [-0.05, 0) is 31.2 Å². The third-order valence-corrected chi connectivity index (χ3v) is 1.12. The summed E-state index contributed by atoms with van der Waals surface area (Å²) in [4.78, 5) is 8.81. The van der Waals surface area contributed by atoms with E-state index in [2.05, 4.69) is 0 Å². The van der Waals surface area contributed by atoms with Gasteiger partial charge >= 0.3 is 0 Å². The van der Waals surface area contributed by atoms with Gasteiger partial charge < -0.3 is 10.5 Å². The number of hydrogen-bond donors (Lipinski definition) is 1. The fourth-order valence-corrected chi connectivity index (χ4v) is 0.589. The molecule has 1 rings (SSSR count). The number of halogens is 1. The minimum Gasteiger partial charge on any atom is -0.399 e. The van der Waals surface area contributed by atoms with Crippen LogP contribution in [0.25, 0.3) is 0 Å². The summed E-state index contributed by atoms with van der Waals surface area (Å²) in [5, 5.41) is 0.721. The Labute approximate surface area is 84.7 Å². The summed E-state index contributed by atoms with van der Waals surface area (Å²) in [5.41, 5.74) is 6.11. The lowest BCUT2D eigenvalue weighted by Gasteiger charge is -1.88. The molecular weight excluding hydrogens is 186 g/mol. The van der Waals surface area contributed by atoms with Gasteiger partial charge in [0.05, 0.1) is 0 Å². The van der Waals surface area contributed by atoms with Gasteiger partial charge in [0.2, 0.25) is 0 Å². The normalized spacial score (nSPS) is 7.08. The molecule has 1 aromatic carbocycles. The summed E-state index contributed by atoms with van der Waals surface area (Å²) < 4.78 is 0. The maximum absolute atomic E-state index is 8.81. The number of anilines is 1. The van der Waals surface area contributed by atoms with Gasteiger partial charge in [0.1, 0.15) is 6.29 Å². The lowest BCUT2D eigenvalue weighted by atomic mass is 10.3. The molecule has 0 radical (unpaired) electrons. The highest BCUT2D eigenvalue weighted by Gasteiger charge is 1.82. The highest BCUT2D eigenvalue weighted by Crippen LogP contribution is 2.09. The first-order chi connectivity index (χ1) is 6.20. The predicted molar refractivity (Wildman–Crippen MR) is 59.0 cm³/mol. The maximum Gasteiger partial charge on any atom is 0.116 e. The van der Waals surface area contributed by atoms with E-state index in [0.29, 0.717) is 0 Å². The van der Waals surface area contributed by atoms with Gasteiger partial charge in [-0.3, -0.25) is 0 Å². The van der Waals surface area contributed by atoms with E-state index in [4.69, 9.17) is 22.1 Å². The fourth-order valence-electron chi connectivity index (χ4n) is 0.463. The smallest absolute Gasteiger partial charge is 0.116 e. The minimum atomic E-state index is 0.721. The van der Waals surface area contributed by atoms with Crippen LogP contribution in [0, 0.1) is 0 Å². The molecule has 0 fully saturated rings. The zero-order chi connectivity index (χ0) is 10.7. The molecule has 0 aliphatic rings. The Morgan fingerprint density at radius 3 is 1.77 bits per heavy atom. The topological polar surface area (TPSA) is 43.1 Å². The van der Waals surface area contributed by atoms with Crippen molar-refractivity contribution in [3.05, 3.63) is 29.3 Å². The molecule has 0 aliphatic heterocycles. The third kappa shape index (κ3) is 11.0. The third-order valence-electron chi connectivity index (χ3n) is 0.870. The first-order valence-corrected chi connectivity index (χ1v) is 4.49. The molecule has 0 bridgehead atoms. The van der Waals surface area contributed by atoms with Crippen molar-refractivity contribution >= 4 is 23.6 Å². The van der Waals surface area contributed by atoms with E-state index in [0.717, 1.165) is 17.0 Å². The number of carbonyl (C=O) groups is 1. The van der Waals surface area contributed by atoms with Crippen molar-refractivity contribution in [2.75, 3.05) is 5.73 Å². The van der Waals surface area contributed by atoms with Crippen LogP contribution in [-0.4, -0.2) is 6.29 Å². The largest absolute Gasteiger partial charge is 0.399 e. The molecule has 0 heterocycles. The summed E-state index contributed by atoms with van der Waals surface area (Å²) in [5.74, 6) is 0. The summed E-state index contributed by atoms with van der Waals surface area (Å²) in [6.45, 7) is 5.44. The van der Waals surface area contributed by atoms with Gasteiger partial charge in [0, 0.05) is 10.7 Å². The van der Waals surface area contributed by atoms with Crippen molar-refractivity contribution in [3.63, 3.8) is 0 Å². The minimum absolute atomic E-state index is 0.721. The van der Waals surface area contributed by atoms with E-state index in [1.165, 1.54) is 6.92 Å². The average Bonchev–Trinajstić information content (AvgIpc) is 2.15. The Morgan fingerprint density at radius 2 is 1.54 bits per heavy atom. The highest BCUT2D eigenvalue weighted by molar-refractivity contribution is 6.30. The number of nitrogen functional groups attached to an aromatic ring is 1. The molecule has 13 heavy (non-hydrogen) atoms. The van der Waals surface area contributed by atoms with Crippen molar-refractivity contribution in [3.8, 4) is 0 Å². The van der Waals surface area contributed by atoms with Gasteiger partial charge in [-0.25, -0.2) is 0 Å². The van der Waals surface area contributed by atoms with Crippen LogP contribution in [-0.2, 0) is 4.79 Å². The van der Waals surface area contributed by atoms with Crippen molar-refractivity contribution in [1.82, 2.24) is 0 Å². The molecule has 0 saturated carbocycles. The Bertz CT molecular complexity index is 188. The summed E-state index contributed by atoms with van der Waals surface area (Å²) in [7, 11) is 0. The molecule has 2 N–H and O–H groups in total. The molecule has 74 valence electrons. The standard InChI is InChI=1S/C6H6ClN.C2H4O.C2H6/c7-5-1-3-6(8)4-2-5;1-2-3;1-2/h1-4H,8H2;2H,1H3;1-2H3. The monoisotopic (exact) mass is 201 g/mol. The number of nitrogens with two attached hydrogens (primary N) is 1. The lowest BCUT2D eigenvalue weighted by molar-refractivity contribution is -0.106. The second kappa shape index (κ2) is 11.0. The number of carbonyl (C=O) groups excluding carboxylic acids is 1. The van der Waals surface area contributed by atoms with Crippen molar-refractivity contribution in [2.24, 2.45) is 0 Å². The molecule has 0 unspecified atom stereocenters. The molecule has 0 saturated heterocycles. The van der Waals surface area contributed by atoms with Crippen LogP contribution in [0.1, 0.15) is 20.8 Å². The second-order valence-corrected chi connectivity index (χ2v) is 2.22. The SMILES string of the molecule is CC.CC=O.Nc1ccc(Cl)cc1. The molecular formula is C10H16ClNO. The summed E-state index contributed by atoms with van der Waals surface area (Å²) in [6.07, 6.45) is 0.750. The lowest BCUT2D eigenvalue weighted by Crippen LogP contribution is -1.80. The van der Waals surface area contributed by atoms with E-state index >= 15 is 0 Å². The number of rotatable bonds is 0. The first-order valence-electron chi connectivity index (χ1n) is 4.11. The molecule has 0 aromatic heterocycles. The van der Waals surface area contributed by atoms with E-state index in [-0.39, 0.29) is 0 Å². The number of aldehydes is 1. The van der Waals surface area contributed by atoms with Crippen LogP contribution in [0.3, 0.4) is 0 Å². The van der Waals surface area contributed by atoms with E-state index in [9.17, 15) is 0 Å². The van der Waals surface area contributed by atoms with E-state index in [1.54, 1.807) is 24.3 Å². The second-order valence-electron chi connectivity index (χ2n) is 1.79. The zero-order valence-corrected chi connectivity index (χ0v) is 9.01. The molecule has 0 spiro atoms. The number of benzene rings is 1. The molecule has 3 heteroatoms. The van der Waals surface area contributed by atoms with Gasteiger partial charge in [-0.15, -0.1) is 0 Å². The van der Waals surface area contributed by atoms with E-state index < -0.39 is 0 Å². The van der Waals surface area contributed by atoms with Gasteiger partial charge in [-0.2, -0.15) is 0 Å². The Hall–Kier alpha value is -1.02. The quantitative estimate of drug-likeness (QED) is 0.518. The molecule has 2 nitrogen and oxygen atoms in total. The summed E-state index contributed by atoms with van der Waals surface area (Å²) >= 11 is 5.56. The highest BCUT2D eigenvalue weighted by atomic mass is 35.5. The Morgan fingerprint density at radius 1 is 1.23 bits per heavy atom. The van der Waals surface area contributed by atoms with E-state index in [1.807, 2.05) is 13.8 Å². The average molecular weight is 202 g/mol. The molecule has 0 atom stereocenters. The van der Waals surface area contributed by atoms with Crippen LogP contribution in [0.2, 0.25) is 5.02 Å². The van der Waals surface area contributed by atoms with Crippen LogP contribution in [0.5, 0.6) is 0 Å². The predicted octanol–water partition coefficient (Wildman–Crippen LogP) is 3.15. The van der Waals surface area contributed by atoms with Crippen molar-refractivity contribution in [1.29, 1.82) is 0 Å². The van der Waals surface area contributed by atoms with Gasteiger partial charge in [0.25, 0.3) is 0 Å². The Balaban J connectivity index is 0. The van der Waals surface area contributed by atoms with Crippen LogP contribution in [0.4, 0.5) is 5.69 Å². The van der Waals surface area contributed by atoms with Crippen LogP contribution in [0.15, 0.2) is 24.3 Å². The van der Waals surface area contributed by atoms with Crippen molar-refractivity contribution < 1.29 is 4.79 Å². The summed E-state index contributed by atoms with van der Waals surface area (Å²) in [6, 6.07) is 7.05.